The lowest BCUT2D eigenvalue weighted by Crippen LogP contribution is -2.54. The highest BCUT2D eigenvalue weighted by atomic mass is 16.2. The Morgan fingerprint density at radius 1 is 0.905 bits per heavy atom. The molecule has 0 heterocycles. The number of carbonyl (C=O) groups is 1. The van der Waals surface area contributed by atoms with Crippen LogP contribution in [0.5, 0.6) is 0 Å². The minimum Gasteiger partial charge on any atom is -0.341 e. The van der Waals surface area contributed by atoms with Crippen molar-refractivity contribution in [3.8, 4) is 0 Å². The molecule has 5 heteroatoms. The van der Waals surface area contributed by atoms with Crippen LogP contribution in [-0.2, 0) is 4.79 Å². The van der Waals surface area contributed by atoms with Crippen LogP contribution >= 0.6 is 0 Å². The minimum absolute atomic E-state index is 0.210. The first kappa shape index (κ1) is 20.3. The third kappa shape index (κ3) is 9.06. The lowest BCUT2D eigenvalue weighted by atomic mass is 10.0. The fourth-order valence-corrected chi connectivity index (χ4v) is 2.38. The van der Waals surface area contributed by atoms with Gasteiger partial charge in [-0.3, -0.25) is 4.79 Å². The van der Waals surface area contributed by atoms with Crippen LogP contribution < -0.4 is 5.32 Å². The predicted octanol–water partition coefficient (Wildman–Crippen LogP) is 1.11. The van der Waals surface area contributed by atoms with Crippen molar-refractivity contribution in [2.24, 2.45) is 0 Å². The Morgan fingerprint density at radius 2 is 1.33 bits per heavy atom. The molecule has 0 aliphatic carbocycles. The molecule has 0 atom stereocenters. The molecular formula is C16H36N4O. The molecule has 0 aliphatic heterocycles. The van der Waals surface area contributed by atoms with Crippen molar-refractivity contribution < 1.29 is 4.79 Å². The molecule has 0 aromatic rings. The first-order chi connectivity index (χ1) is 9.70. The molecule has 1 amide bonds. The maximum atomic E-state index is 12.7. The number of amides is 1. The lowest BCUT2D eigenvalue weighted by Gasteiger charge is -2.33. The molecule has 0 saturated heterocycles. The normalized spacial score (nSPS) is 12.2. The largest absolute Gasteiger partial charge is 0.341 e. The summed E-state index contributed by atoms with van der Waals surface area (Å²) in [6.07, 6.45) is 2.03. The number of likely N-dealkylation sites (N-methyl/N-ethyl adjacent to an activating group) is 1. The number of nitrogens with zero attached hydrogens (tertiary/aromatic N) is 3. The zero-order valence-electron chi connectivity index (χ0n) is 15.2. The monoisotopic (exact) mass is 300 g/mol. The molecule has 0 aromatic carbocycles. The fraction of sp³-hybridized carbons (Fsp3) is 0.938. The molecule has 0 bridgehead atoms. The highest BCUT2D eigenvalue weighted by Gasteiger charge is 2.30. The van der Waals surface area contributed by atoms with Gasteiger partial charge in [0.05, 0.1) is 5.54 Å². The smallest absolute Gasteiger partial charge is 0.242 e. The van der Waals surface area contributed by atoms with Crippen molar-refractivity contribution in [3.63, 3.8) is 0 Å². The van der Waals surface area contributed by atoms with E-state index in [1.54, 1.807) is 0 Å². The first-order valence-corrected chi connectivity index (χ1v) is 8.04. The Hall–Kier alpha value is -0.650. The van der Waals surface area contributed by atoms with Crippen LogP contribution in [0.4, 0.5) is 0 Å². The number of hydrogen-bond donors (Lipinski definition) is 1. The average molecular weight is 300 g/mol. The Balaban J connectivity index is 4.57. The van der Waals surface area contributed by atoms with Gasteiger partial charge in [-0.15, -0.1) is 0 Å². The molecule has 0 spiro atoms. The van der Waals surface area contributed by atoms with Crippen LogP contribution in [0.3, 0.4) is 0 Å². The van der Waals surface area contributed by atoms with Gasteiger partial charge < -0.3 is 20.0 Å². The molecule has 0 rings (SSSR count). The topological polar surface area (TPSA) is 38.8 Å². The summed E-state index contributed by atoms with van der Waals surface area (Å²) in [5.41, 5.74) is -0.481. The van der Waals surface area contributed by atoms with E-state index in [0.29, 0.717) is 0 Å². The maximum absolute atomic E-state index is 12.7. The standard InChI is InChI=1S/C16H36N4O/c1-8-17-16(2,3)15(21)20(13-9-11-18(4)5)14-10-12-19(6)7/h17H,8-14H2,1-7H3. The molecule has 0 unspecified atom stereocenters. The van der Waals surface area contributed by atoms with Gasteiger partial charge in [0.15, 0.2) is 0 Å². The van der Waals surface area contributed by atoms with Gasteiger partial charge in [-0.05, 0) is 74.5 Å². The van der Waals surface area contributed by atoms with Crippen LogP contribution in [0.25, 0.3) is 0 Å². The predicted molar refractivity (Wildman–Crippen MR) is 90.7 cm³/mol. The van der Waals surface area contributed by atoms with Gasteiger partial charge in [-0.2, -0.15) is 0 Å². The summed E-state index contributed by atoms with van der Waals surface area (Å²) in [4.78, 5) is 19.1. The van der Waals surface area contributed by atoms with Gasteiger partial charge in [0, 0.05) is 13.1 Å². The molecule has 1 N–H and O–H groups in total. The van der Waals surface area contributed by atoms with E-state index in [-0.39, 0.29) is 5.91 Å². The second kappa shape index (κ2) is 10.1. The summed E-state index contributed by atoms with van der Waals surface area (Å²) < 4.78 is 0. The van der Waals surface area contributed by atoms with Gasteiger partial charge >= 0.3 is 0 Å². The van der Waals surface area contributed by atoms with Crippen molar-refractivity contribution >= 4 is 5.91 Å². The number of rotatable bonds is 11. The van der Waals surface area contributed by atoms with Crippen molar-refractivity contribution in [3.05, 3.63) is 0 Å². The van der Waals surface area contributed by atoms with Crippen molar-refractivity contribution in [2.75, 3.05) is 60.9 Å². The number of carbonyl (C=O) groups excluding carboxylic acids is 1. The molecule has 0 radical (unpaired) electrons. The highest BCUT2D eigenvalue weighted by Crippen LogP contribution is 2.10. The van der Waals surface area contributed by atoms with Crippen LogP contribution in [-0.4, -0.2) is 87.1 Å². The van der Waals surface area contributed by atoms with E-state index in [9.17, 15) is 4.79 Å². The van der Waals surface area contributed by atoms with Gasteiger partial charge in [-0.1, -0.05) is 6.92 Å². The van der Waals surface area contributed by atoms with E-state index in [4.69, 9.17) is 0 Å². The summed E-state index contributed by atoms with van der Waals surface area (Å²) in [6.45, 7) is 10.5. The van der Waals surface area contributed by atoms with Gasteiger partial charge in [0.25, 0.3) is 0 Å². The van der Waals surface area contributed by atoms with Gasteiger partial charge in [0.2, 0.25) is 5.91 Å². The quantitative estimate of drug-likeness (QED) is 0.620. The summed E-state index contributed by atoms with van der Waals surface area (Å²) >= 11 is 0. The average Bonchev–Trinajstić information content (AvgIpc) is 2.35. The van der Waals surface area contributed by atoms with Crippen molar-refractivity contribution in [1.29, 1.82) is 0 Å². The van der Waals surface area contributed by atoms with Gasteiger partial charge in [-0.25, -0.2) is 0 Å². The lowest BCUT2D eigenvalue weighted by molar-refractivity contribution is -0.137. The fourth-order valence-electron chi connectivity index (χ4n) is 2.38. The highest BCUT2D eigenvalue weighted by molar-refractivity contribution is 5.85. The van der Waals surface area contributed by atoms with Crippen LogP contribution in [0, 0.1) is 0 Å². The molecule has 21 heavy (non-hydrogen) atoms. The molecule has 126 valence electrons. The van der Waals surface area contributed by atoms with E-state index in [0.717, 1.165) is 45.6 Å². The Kier molecular flexibility index (Phi) is 9.83. The number of hydrogen-bond acceptors (Lipinski definition) is 4. The van der Waals surface area contributed by atoms with Crippen molar-refractivity contribution in [1.82, 2.24) is 20.0 Å². The Bertz CT molecular complexity index is 276. The van der Waals surface area contributed by atoms with E-state index in [1.165, 1.54) is 0 Å². The van der Waals surface area contributed by atoms with Crippen LogP contribution in [0.1, 0.15) is 33.6 Å². The zero-order valence-corrected chi connectivity index (χ0v) is 15.2. The molecule has 0 saturated carbocycles. The summed E-state index contributed by atoms with van der Waals surface area (Å²) in [7, 11) is 8.28. The SMILES string of the molecule is CCNC(C)(C)C(=O)N(CCCN(C)C)CCCN(C)C. The minimum atomic E-state index is -0.481. The third-order valence-corrected chi connectivity index (χ3v) is 3.51. The molecular weight excluding hydrogens is 264 g/mol. The first-order valence-electron chi connectivity index (χ1n) is 8.04. The number of nitrogens with one attached hydrogen (secondary N) is 1. The second-order valence-electron chi connectivity index (χ2n) is 6.76. The molecule has 0 aliphatic rings. The molecule has 0 fully saturated rings. The summed E-state index contributed by atoms with van der Waals surface area (Å²) in [5, 5.41) is 3.29. The van der Waals surface area contributed by atoms with Crippen LogP contribution in [0.15, 0.2) is 0 Å². The molecule has 0 aromatic heterocycles. The van der Waals surface area contributed by atoms with E-state index in [2.05, 4.69) is 43.3 Å². The van der Waals surface area contributed by atoms with E-state index >= 15 is 0 Å². The Labute approximate surface area is 131 Å². The maximum Gasteiger partial charge on any atom is 0.242 e. The van der Waals surface area contributed by atoms with E-state index < -0.39 is 5.54 Å². The zero-order chi connectivity index (χ0) is 16.5. The third-order valence-electron chi connectivity index (χ3n) is 3.51. The van der Waals surface area contributed by atoms with E-state index in [1.807, 2.05) is 25.7 Å². The molecule has 5 nitrogen and oxygen atoms in total. The van der Waals surface area contributed by atoms with Gasteiger partial charge in [0.1, 0.15) is 0 Å². The van der Waals surface area contributed by atoms with Crippen molar-refractivity contribution in [2.45, 2.75) is 39.2 Å². The second-order valence-corrected chi connectivity index (χ2v) is 6.76. The summed E-state index contributed by atoms with van der Waals surface area (Å²) in [5.74, 6) is 0.210. The van der Waals surface area contributed by atoms with Crippen LogP contribution in [0.2, 0.25) is 0 Å². The Morgan fingerprint density at radius 3 is 1.67 bits per heavy atom. The summed E-state index contributed by atoms with van der Waals surface area (Å²) in [6, 6.07) is 0.